The van der Waals surface area contributed by atoms with E-state index >= 15 is 0 Å². The summed E-state index contributed by atoms with van der Waals surface area (Å²) in [6.45, 7) is 0. The van der Waals surface area contributed by atoms with Crippen LogP contribution in [0.25, 0.3) is 0 Å². The molecule has 0 nitrogen and oxygen atoms in total. The maximum absolute atomic E-state index is 6.45. The number of benzene rings is 3. The summed E-state index contributed by atoms with van der Waals surface area (Å²) in [5.74, 6) is 0. The fourth-order valence-corrected chi connectivity index (χ4v) is 6.62. The Morgan fingerprint density at radius 1 is 0.714 bits per heavy atom. The van der Waals surface area contributed by atoms with Crippen LogP contribution in [-0.4, -0.2) is 0 Å². The van der Waals surface area contributed by atoms with E-state index in [-0.39, 0.29) is 10.9 Å². The van der Waals surface area contributed by atoms with Crippen molar-refractivity contribution < 1.29 is 0 Å². The van der Waals surface area contributed by atoms with Gasteiger partial charge in [-0.15, -0.1) is 0 Å². The molecule has 1 aliphatic rings. The molecule has 0 saturated carbocycles. The molecule has 21 heavy (non-hydrogen) atoms. The molecule has 1 atom stereocenters. The van der Waals surface area contributed by atoms with Crippen molar-refractivity contribution in [1.82, 2.24) is 0 Å². The predicted octanol–water partition coefficient (Wildman–Crippen LogP) is 5.90. The van der Waals surface area contributed by atoms with Gasteiger partial charge in [0.2, 0.25) is 0 Å². The van der Waals surface area contributed by atoms with Crippen LogP contribution in [0, 0.1) is 0 Å². The maximum Gasteiger partial charge on any atom is 0.182 e. The van der Waals surface area contributed by atoms with Gasteiger partial charge >= 0.3 is 0 Å². The van der Waals surface area contributed by atoms with Crippen LogP contribution in [0.15, 0.2) is 97.3 Å². The van der Waals surface area contributed by atoms with Crippen LogP contribution in [0.4, 0.5) is 0 Å². The number of fused-ring (bicyclic) bond motifs is 2. The van der Waals surface area contributed by atoms with Crippen molar-refractivity contribution in [2.75, 3.05) is 0 Å². The third kappa shape index (κ3) is 2.28. The van der Waals surface area contributed by atoms with E-state index in [4.69, 9.17) is 11.6 Å². The normalized spacial score (nSPS) is 16.1. The highest BCUT2D eigenvalue weighted by atomic mass is 35.5. The second-order valence-corrected chi connectivity index (χ2v) is 8.16. The van der Waals surface area contributed by atoms with Gasteiger partial charge in [-0.1, -0.05) is 59.8 Å². The quantitative estimate of drug-likeness (QED) is 0.392. The molecular weight excluding hydrogens is 316 g/mol. The minimum Gasteiger partial charge on any atom is -0.0829 e. The number of hydrogen-bond acceptors (Lipinski definition) is 1. The van der Waals surface area contributed by atoms with Crippen molar-refractivity contribution >= 4 is 34.3 Å². The Labute approximate surface area is 136 Å². The molecule has 0 spiro atoms. The van der Waals surface area contributed by atoms with Crippen molar-refractivity contribution in [2.45, 2.75) is 24.5 Å². The highest BCUT2D eigenvalue weighted by Gasteiger charge is 2.38. The topological polar surface area (TPSA) is 0 Å². The Balaban J connectivity index is 2.00. The zero-order valence-electron chi connectivity index (χ0n) is 11.1. The molecule has 0 radical (unpaired) electrons. The Bertz CT molecular complexity index is 799. The largest absolute Gasteiger partial charge is 0.182 e. The lowest BCUT2D eigenvalue weighted by atomic mass is 10.3. The van der Waals surface area contributed by atoms with Crippen LogP contribution in [0.5, 0.6) is 0 Å². The summed E-state index contributed by atoms with van der Waals surface area (Å²) in [7, 11) is -0.0735. The highest BCUT2D eigenvalue weighted by Crippen LogP contribution is 2.50. The van der Waals surface area contributed by atoms with E-state index in [1.165, 1.54) is 24.5 Å². The summed E-state index contributed by atoms with van der Waals surface area (Å²) < 4.78 is 0. The summed E-state index contributed by atoms with van der Waals surface area (Å²) >= 11 is 8.23. The van der Waals surface area contributed by atoms with Gasteiger partial charge in [0.15, 0.2) is 14.7 Å². The molecule has 1 aliphatic heterocycles. The molecule has 0 saturated heterocycles. The first-order valence-electron chi connectivity index (χ1n) is 6.69. The first-order chi connectivity index (χ1) is 10.3. The minimum atomic E-state index is -0.0735. The molecule has 0 bridgehead atoms. The van der Waals surface area contributed by atoms with Gasteiger partial charge in [-0.2, -0.15) is 0 Å². The molecule has 0 N–H and O–H groups in total. The molecule has 0 fully saturated rings. The summed E-state index contributed by atoms with van der Waals surface area (Å²) in [6, 6.07) is 25.6. The van der Waals surface area contributed by atoms with Crippen LogP contribution in [0.2, 0.25) is 5.02 Å². The predicted molar refractivity (Wildman–Crippen MR) is 90.6 cm³/mol. The Hall–Kier alpha value is -1.35. The third-order valence-electron chi connectivity index (χ3n) is 3.41. The summed E-state index contributed by atoms with van der Waals surface area (Å²) in [4.78, 5) is 6.57. The van der Waals surface area contributed by atoms with Gasteiger partial charge < -0.3 is 0 Å². The molecule has 4 rings (SSSR count). The lowest BCUT2D eigenvalue weighted by Crippen LogP contribution is -2.11. The molecule has 3 aromatic rings. The molecule has 3 aromatic carbocycles. The number of rotatable bonds is 1. The number of hydrogen-bond donors (Lipinski definition) is 0. The zero-order chi connectivity index (χ0) is 14.2. The Morgan fingerprint density at radius 2 is 1.43 bits per heavy atom. The average Bonchev–Trinajstić information content (AvgIpc) is 2.54. The molecule has 3 heteroatoms. The van der Waals surface area contributed by atoms with E-state index in [2.05, 4.69) is 66.7 Å². The fourth-order valence-electron chi connectivity index (χ4n) is 2.49. The van der Waals surface area contributed by atoms with E-state index in [0.29, 0.717) is 0 Å². The van der Waals surface area contributed by atoms with E-state index in [1.807, 2.05) is 6.07 Å². The molecular formula is C18H12ClS2+. The van der Waals surface area contributed by atoms with E-state index in [0.717, 1.165) is 5.02 Å². The first kappa shape index (κ1) is 13.3. The number of halogens is 1. The van der Waals surface area contributed by atoms with Crippen molar-refractivity contribution in [3.63, 3.8) is 0 Å². The van der Waals surface area contributed by atoms with Crippen molar-refractivity contribution in [1.29, 1.82) is 0 Å². The fraction of sp³-hybridized carbons (Fsp3) is 0. The Kier molecular flexibility index (Phi) is 3.46. The van der Waals surface area contributed by atoms with Crippen molar-refractivity contribution in [2.24, 2.45) is 0 Å². The lowest BCUT2D eigenvalue weighted by Gasteiger charge is -2.19. The van der Waals surface area contributed by atoms with Crippen LogP contribution >= 0.6 is 23.4 Å². The van der Waals surface area contributed by atoms with Crippen LogP contribution in [0.1, 0.15) is 0 Å². The monoisotopic (exact) mass is 327 g/mol. The molecule has 0 amide bonds. The summed E-state index contributed by atoms with van der Waals surface area (Å²) in [5, 5.41) is 0.848. The van der Waals surface area contributed by atoms with Gasteiger partial charge in [0.25, 0.3) is 0 Å². The highest BCUT2D eigenvalue weighted by molar-refractivity contribution is 8.04. The van der Waals surface area contributed by atoms with Crippen molar-refractivity contribution in [3.8, 4) is 0 Å². The zero-order valence-corrected chi connectivity index (χ0v) is 13.5. The SMILES string of the molecule is Clc1cccc2c1Sc1ccccc1[S+]2c1ccccc1. The molecule has 1 heterocycles. The molecule has 1 unspecified atom stereocenters. The second-order valence-electron chi connectivity index (χ2n) is 4.74. The minimum absolute atomic E-state index is 0.0735. The van der Waals surface area contributed by atoms with Gasteiger partial charge in [0, 0.05) is 0 Å². The van der Waals surface area contributed by atoms with E-state index < -0.39 is 0 Å². The lowest BCUT2D eigenvalue weighted by molar-refractivity contribution is 1.12. The Morgan fingerprint density at radius 3 is 2.29 bits per heavy atom. The van der Waals surface area contributed by atoms with Crippen LogP contribution in [0.3, 0.4) is 0 Å². The van der Waals surface area contributed by atoms with Gasteiger partial charge in [-0.25, -0.2) is 0 Å². The van der Waals surface area contributed by atoms with Gasteiger partial charge in [-0.3, -0.25) is 0 Å². The average molecular weight is 328 g/mol. The third-order valence-corrected chi connectivity index (χ3v) is 7.64. The van der Waals surface area contributed by atoms with Gasteiger partial charge in [-0.05, 0) is 36.4 Å². The van der Waals surface area contributed by atoms with E-state index in [9.17, 15) is 0 Å². The summed E-state index contributed by atoms with van der Waals surface area (Å²) in [5.41, 5.74) is 0. The molecule has 0 aromatic heterocycles. The van der Waals surface area contributed by atoms with Crippen LogP contribution in [-0.2, 0) is 10.9 Å². The molecule has 0 aliphatic carbocycles. The summed E-state index contributed by atoms with van der Waals surface area (Å²) in [6.07, 6.45) is 0. The first-order valence-corrected chi connectivity index (χ1v) is 9.11. The van der Waals surface area contributed by atoms with Gasteiger partial charge in [0.05, 0.1) is 14.8 Å². The standard InChI is InChI=1S/C18H12ClS2/c19-14-9-6-12-17-18(14)20-15-10-4-5-11-16(15)21(17)13-7-2-1-3-8-13/h1-12H/q+1. The van der Waals surface area contributed by atoms with Crippen molar-refractivity contribution in [3.05, 3.63) is 77.8 Å². The van der Waals surface area contributed by atoms with E-state index in [1.54, 1.807) is 11.8 Å². The van der Waals surface area contributed by atoms with Gasteiger partial charge in [0.1, 0.15) is 10.9 Å². The maximum atomic E-state index is 6.45. The second kappa shape index (κ2) is 5.45. The smallest absolute Gasteiger partial charge is 0.0829 e. The molecule has 102 valence electrons. The van der Waals surface area contributed by atoms with Crippen LogP contribution < -0.4 is 0 Å².